The summed E-state index contributed by atoms with van der Waals surface area (Å²) in [4.78, 5) is 31.2. The van der Waals surface area contributed by atoms with Crippen molar-refractivity contribution < 1.29 is 37.2 Å². The molecule has 0 saturated heterocycles. The summed E-state index contributed by atoms with van der Waals surface area (Å²) in [7, 11) is -3.22. The Balaban J connectivity index is 0.000000260. The smallest absolute Gasteiger partial charge is 0.222 e. The van der Waals surface area contributed by atoms with E-state index < -0.39 is 20.7 Å². The average molecular weight is 1670 g/mol. The van der Waals surface area contributed by atoms with E-state index in [1.807, 2.05) is 101 Å². The number of phenols is 1. The number of halogens is 10. The monoisotopic (exact) mass is 1660 g/mol. The van der Waals surface area contributed by atoms with Gasteiger partial charge in [0, 0.05) is 53.0 Å². The predicted octanol–water partition coefficient (Wildman–Crippen LogP) is 20.1. The van der Waals surface area contributed by atoms with Crippen molar-refractivity contribution in [3.05, 3.63) is 268 Å². The van der Waals surface area contributed by atoms with Crippen LogP contribution in [0.15, 0.2) is 158 Å². The van der Waals surface area contributed by atoms with Gasteiger partial charge in [-0.3, -0.25) is 0 Å². The van der Waals surface area contributed by atoms with Crippen molar-refractivity contribution in [2.24, 2.45) is 0 Å². The van der Waals surface area contributed by atoms with Crippen molar-refractivity contribution in [3.8, 4) is 52.7 Å². The predicted molar refractivity (Wildman–Crippen MR) is 426 cm³/mol. The molecule has 0 atom stereocenters. The summed E-state index contributed by atoms with van der Waals surface area (Å²) in [5.74, 6) is 3.93. The van der Waals surface area contributed by atoms with E-state index in [9.17, 15) is 29.3 Å². The molecule has 107 heavy (non-hydrogen) atoms. The highest BCUT2D eigenvalue weighted by atomic mass is 35.5. The lowest BCUT2D eigenvalue weighted by atomic mass is 9.77. The number of aromatic hydroxyl groups is 1. The molecule has 0 fully saturated rings. The zero-order valence-corrected chi connectivity index (χ0v) is 66.9. The second kappa shape index (κ2) is 43.1. The van der Waals surface area contributed by atoms with E-state index in [2.05, 4.69) is 71.9 Å². The van der Waals surface area contributed by atoms with Crippen molar-refractivity contribution in [1.82, 2.24) is 39.9 Å². The van der Waals surface area contributed by atoms with E-state index in [1.54, 1.807) is 85.3 Å². The van der Waals surface area contributed by atoms with Gasteiger partial charge in [-0.2, -0.15) is 15.8 Å². The van der Waals surface area contributed by atoms with Crippen LogP contribution in [0.5, 0.6) is 34.5 Å². The first-order valence-electron chi connectivity index (χ1n) is 31.9. The van der Waals surface area contributed by atoms with Crippen LogP contribution >= 0.6 is 116 Å². The normalized spacial score (nSPS) is 10.9. The Bertz CT molecular complexity index is 4800. The summed E-state index contributed by atoms with van der Waals surface area (Å²) in [5.41, 5.74) is 8.49. The summed E-state index contributed by atoms with van der Waals surface area (Å²) in [5, 5.41) is 39.8. The van der Waals surface area contributed by atoms with Crippen LogP contribution in [0.1, 0.15) is 128 Å². The second-order valence-electron chi connectivity index (χ2n) is 24.3. The minimum Gasteiger partial charge on any atom is -0.508 e. The molecular weight excluding hydrogens is 1590 g/mol. The molecule has 6 aromatic carbocycles. The Hall–Kier alpha value is -8.24. The molecule has 0 aliphatic rings. The molecule has 562 valence electrons. The van der Waals surface area contributed by atoms with Crippen LogP contribution in [0.3, 0.4) is 0 Å². The molecule has 0 aliphatic heterocycles. The fourth-order valence-electron chi connectivity index (χ4n) is 9.74. The van der Waals surface area contributed by atoms with Crippen LogP contribution in [-0.4, -0.2) is 97.1 Å². The van der Waals surface area contributed by atoms with Gasteiger partial charge in [-0.1, -0.05) is 120 Å². The topological polar surface area (TPSA) is 275 Å². The number of hydrogen-bond donors (Lipinski definition) is 1. The number of aromatic nitrogens is 8. The highest BCUT2D eigenvalue weighted by Crippen LogP contribution is 2.42. The number of hydrogen-bond acceptors (Lipinski definition) is 19. The number of aryl methyl sites for hydroxylation is 1. The van der Waals surface area contributed by atoms with Gasteiger partial charge in [0.1, 0.15) is 80.1 Å². The lowest BCUT2D eigenvalue weighted by Gasteiger charge is -2.27. The van der Waals surface area contributed by atoms with Gasteiger partial charge in [0.05, 0.1) is 72.4 Å². The van der Waals surface area contributed by atoms with E-state index in [-0.39, 0.29) is 73.8 Å². The second-order valence-corrected chi connectivity index (χ2v) is 30.0. The Kier molecular flexibility index (Phi) is 36.0. The van der Waals surface area contributed by atoms with E-state index >= 15 is 0 Å². The number of phenolic OH excluding ortho intramolecular Hbond substituents is 1. The number of nitrogens with zero attached hydrogens (tertiary/aromatic N) is 11. The Morgan fingerprint density at radius 1 is 0.430 bits per heavy atom. The fraction of sp³-hybridized carbons (Fsp3) is 0.286. The third-order valence-electron chi connectivity index (χ3n) is 15.6. The van der Waals surface area contributed by atoms with Gasteiger partial charge in [-0.15, -0.1) is 46.4 Å². The standard InChI is InChI=1S/C25H25Cl2N3O4S.C23H20Cl3N3O2.C18H17Cl2NO2.C5H4Cl2N2.C5H5ClN2.CH4/c1-25(2,19-12-17(14-28)24(22(27)13-19)33-11-9-26)18-4-6-21(7-5-18)34-15-20-8-10-29-23(30-20)16-35(3,31)32;1-23(2,17-11-15(13-27)21(20(25)12-17)30-10-8-24)16-3-5-19(6-4-16)31-14-18-7-9-28-22(26)29-18;1-18(2,13-3-5-15(22)6-4-13)14-9-12(11-21)17(16(20)10-14)23-8-7-19;6-3-4-1-2-8-5(7)9-4;1-4-2-3-7-5(6)8-4;/h4-8,10,12-13H,9,11,15-16H2,1-3H3;3-7,9,11-12H,8,10,14H2,1-2H3;3-6,9-10,22H,7-8H2,1-2H3;1-2H,3H2;2-3H,1H3;1H4. The molecule has 0 radical (unpaired) electrons. The molecule has 0 spiro atoms. The molecule has 0 bridgehead atoms. The molecule has 10 aromatic rings. The van der Waals surface area contributed by atoms with Gasteiger partial charge in [0.25, 0.3) is 0 Å². The highest BCUT2D eigenvalue weighted by molar-refractivity contribution is 7.89. The maximum Gasteiger partial charge on any atom is 0.222 e. The molecule has 0 saturated carbocycles. The van der Waals surface area contributed by atoms with Crippen LogP contribution in [0, 0.1) is 40.9 Å². The van der Waals surface area contributed by atoms with Gasteiger partial charge >= 0.3 is 0 Å². The molecule has 1 N–H and O–H groups in total. The third-order valence-corrected chi connectivity index (χ3v) is 18.5. The summed E-state index contributed by atoms with van der Waals surface area (Å²) in [6, 6.07) is 46.5. The molecule has 30 heteroatoms. The van der Waals surface area contributed by atoms with E-state index in [4.69, 9.17) is 140 Å². The van der Waals surface area contributed by atoms with Gasteiger partial charge in [-0.05, 0) is 172 Å². The minimum absolute atomic E-state index is 0. The van der Waals surface area contributed by atoms with E-state index in [1.165, 1.54) is 6.20 Å². The SMILES string of the molecule is C.CC(C)(c1ccc(O)cc1)c1cc(Cl)c(OCCCl)c(C#N)c1.CC(C)(c1ccc(OCc2ccnc(CS(C)(=O)=O)n2)cc1)c1cc(Cl)c(OCCCl)c(C#N)c1.CC(C)(c1ccc(OCc2ccnc(Cl)n2)cc1)c1cc(Cl)c(OCCCl)c(C#N)c1.Cc1ccnc(Cl)n1.ClCc1ccnc(Cl)n1. The number of nitriles is 3. The Morgan fingerprint density at radius 3 is 1.07 bits per heavy atom. The summed E-state index contributed by atoms with van der Waals surface area (Å²) < 4.78 is 51.1. The molecule has 0 amide bonds. The van der Waals surface area contributed by atoms with Crippen LogP contribution in [0.25, 0.3) is 0 Å². The first kappa shape index (κ1) is 89.4. The van der Waals surface area contributed by atoms with E-state index in [0.717, 1.165) is 51.0 Å². The fourth-order valence-corrected chi connectivity index (χ4v) is 12.1. The number of ether oxygens (including phenoxy) is 5. The zero-order chi connectivity index (χ0) is 77.8. The van der Waals surface area contributed by atoms with Crippen molar-refractivity contribution in [3.63, 3.8) is 0 Å². The minimum atomic E-state index is -3.22. The molecule has 0 aliphatic carbocycles. The highest BCUT2D eigenvalue weighted by Gasteiger charge is 2.29. The molecular formula is C77H75Cl10N11O8S. The molecule has 0 unspecified atom stereocenters. The van der Waals surface area contributed by atoms with Gasteiger partial charge < -0.3 is 28.8 Å². The summed E-state index contributed by atoms with van der Waals surface area (Å²) in [6.07, 6.45) is 7.45. The quantitative estimate of drug-likeness (QED) is 0.0435. The molecule has 4 aromatic heterocycles. The maximum absolute atomic E-state index is 11.5. The van der Waals surface area contributed by atoms with Gasteiger partial charge in [-0.25, -0.2) is 48.3 Å². The molecule has 19 nitrogen and oxygen atoms in total. The molecule has 10 rings (SSSR count). The van der Waals surface area contributed by atoms with Gasteiger partial charge in [0.2, 0.25) is 15.9 Å². The van der Waals surface area contributed by atoms with Gasteiger partial charge in [0.15, 0.2) is 27.1 Å². The Morgan fingerprint density at radius 2 is 0.757 bits per heavy atom. The number of alkyl halides is 4. The zero-order valence-electron chi connectivity index (χ0n) is 58.5. The summed E-state index contributed by atoms with van der Waals surface area (Å²) in [6.45, 7) is 15.4. The maximum atomic E-state index is 11.5. The van der Waals surface area contributed by atoms with Crippen LogP contribution in [0.2, 0.25) is 30.9 Å². The number of rotatable bonds is 24. The lowest BCUT2D eigenvalue weighted by Crippen LogP contribution is -2.19. The number of benzene rings is 6. The molecule has 4 heterocycles. The first-order valence-corrected chi connectivity index (χ1v) is 38.4. The third kappa shape index (κ3) is 27.4. The first-order chi connectivity index (χ1) is 50.4. The van der Waals surface area contributed by atoms with Crippen molar-refractivity contribution in [1.29, 1.82) is 15.8 Å². The van der Waals surface area contributed by atoms with Crippen molar-refractivity contribution in [2.75, 3.05) is 43.7 Å². The van der Waals surface area contributed by atoms with E-state index in [0.29, 0.717) is 101 Å². The van der Waals surface area contributed by atoms with Crippen LogP contribution in [0.4, 0.5) is 0 Å². The largest absolute Gasteiger partial charge is 0.508 e. The Labute approximate surface area is 674 Å². The lowest BCUT2D eigenvalue weighted by molar-refractivity contribution is 0.300. The van der Waals surface area contributed by atoms with Crippen LogP contribution < -0.4 is 23.7 Å². The number of sulfone groups is 1. The summed E-state index contributed by atoms with van der Waals surface area (Å²) >= 11 is 58.3. The average Bonchev–Trinajstić information content (AvgIpc) is 0.794. The van der Waals surface area contributed by atoms with Crippen molar-refractivity contribution >= 4 is 126 Å². The van der Waals surface area contributed by atoms with Crippen LogP contribution in [-0.2, 0) is 50.9 Å². The van der Waals surface area contributed by atoms with Crippen molar-refractivity contribution in [2.45, 2.75) is 97.0 Å².